The van der Waals surface area contributed by atoms with Crippen LogP contribution >= 0.6 is 23.2 Å². The van der Waals surface area contributed by atoms with Crippen molar-refractivity contribution >= 4 is 23.2 Å². The van der Waals surface area contributed by atoms with Crippen molar-refractivity contribution in [1.82, 2.24) is 14.8 Å². The monoisotopic (exact) mass is 281 g/mol. The molecule has 0 radical (unpaired) electrons. The van der Waals surface area contributed by atoms with Gasteiger partial charge in [-0.3, -0.25) is 0 Å². The number of rotatable bonds is 4. The molecule has 1 heterocycles. The summed E-state index contributed by atoms with van der Waals surface area (Å²) in [6.45, 7) is 0.874. The van der Waals surface area contributed by atoms with E-state index in [0.717, 1.165) is 11.6 Å². The third kappa shape index (κ3) is 2.52. The van der Waals surface area contributed by atoms with Crippen LogP contribution in [-0.2, 0) is 6.54 Å². The van der Waals surface area contributed by atoms with Crippen LogP contribution in [0, 0.1) is 5.92 Å². The van der Waals surface area contributed by atoms with Crippen LogP contribution in [0.2, 0.25) is 10.0 Å². The number of nitrogens with zero attached hydrogens (tertiary/aromatic N) is 3. The maximum Gasteiger partial charge on any atom is 0.119 e. The van der Waals surface area contributed by atoms with Gasteiger partial charge in [-0.05, 0) is 36.5 Å². The molecule has 1 aliphatic carbocycles. The van der Waals surface area contributed by atoms with E-state index in [1.807, 2.05) is 22.8 Å². The average molecular weight is 282 g/mol. The lowest BCUT2D eigenvalue weighted by Crippen LogP contribution is -2.10. The van der Waals surface area contributed by atoms with Crippen molar-refractivity contribution in [2.45, 2.75) is 25.3 Å². The lowest BCUT2D eigenvalue weighted by Gasteiger charge is -2.18. The minimum Gasteiger partial charge on any atom is -0.320 e. The molecule has 0 aliphatic heterocycles. The second kappa shape index (κ2) is 4.90. The molecule has 94 valence electrons. The Hall–Kier alpha value is -1.06. The fourth-order valence-corrected chi connectivity index (χ4v) is 2.89. The first kappa shape index (κ1) is 12.0. The third-order valence-corrected chi connectivity index (χ3v) is 3.99. The van der Waals surface area contributed by atoms with Gasteiger partial charge in [0.15, 0.2) is 0 Å². The van der Waals surface area contributed by atoms with Crippen molar-refractivity contribution in [2.24, 2.45) is 5.92 Å². The van der Waals surface area contributed by atoms with Gasteiger partial charge in [-0.25, -0.2) is 0 Å². The average Bonchev–Trinajstić information content (AvgIpc) is 3.05. The van der Waals surface area contributed by atoms with Crippen LogP contribution in [0.3, 0.4) is 0 Å². The Morgan fingerprint density at radius 2 is 1.94 bits per heavy atom. The van der Waals surface area contributed by atoms with Crippen LogP contribution in [0.15, 0.2) is 30.9 Å². The second-order valence-electron chi connectivity index (χ2n) is 4.77. The van der Waals surface area contributed by atoms with Crippen molar-refractivity contribution in [1.29, 1.82) is 0 Å². The normalized spacial score (nSPS) is 16.8. The third-order valence-electron chi connectivity index (χ3n) is 3.43. The van der Waals surface area contributed by atoms with Gasteiger partial charge < -0.3 is 4.57 Å². The number of halogens is 2. The maximum atomic E-state index is 6.31. The molecule has 1 atom stereocenters. The summed E-state index contributed by atoms with van der Waals surface area (Å²) in [6.07, 6.45) is 6.04. The molecule has 1 aromatic heterocycles. The summed E-state index contributed by atoms with van der Waals surface area (Å²) in [5, 5.41) is 9.13. The van der Waals surface area contributed by atoms with E-state index < -0.39 is 0 Å². The number of benzene rings is 1. The molecule has 0 bridgehead atoms. The van der Waals surface area contributed by atoms with Crippen molar-refractivity contribution in [3.63, 3.8) is 0 Å². The molecule has 2 aromatic rings. The molecule has 0 amide bonds. The molecule has 3 nitrogen and oxygen atoms in total. The van der Waals surface area contributed by atoms with Crippen molar-refractivity contribution < 1.29 is 0 Å². The standard InChI is InChI=1S/C13H13Cl2N3/c14-10-3-4-11(13(15)5-10)12(9-1-2-9)6-18-7-16-17-8-18/h3-5,7-9,12H,1-2,6H2. The molecule has 3 rings (SSSR count). The molecule has 0 spiro atoms. The van der Waals surface area contributed by atoms with Gasteiger partial charge >= 0.3 is 0 Å². The first-order chi connectivity index (χ1) is 8.74. The van der Waals surface area contributed by atoms with E-state index >= 15 is 0 Å². The highest BCUT2D eigenvalue weighted by atomic mass is 35.5. The van der Waals surface area contributed by atoms with E-state index in [1.165, 1.54) is 18.4 Å². The van der Waals surface area contributed by atoms with Crippen LogP contribution in [0.1, 0.15) is 24.3 Å². The summed E-state index contributed by atoms with van der Waals surface area (Å²) >= 11 is 12.3. The van der Waals surface area contributed by atoms with Crippen molar-refractivity contribution in [3.8, 4) is 0 Å². The SMILES string of the molecule is Clc1ccc(C(Cn2cnnc2)C2CC2)c(Cl)c1. The largest absolute Gasteiger partial charge is 0.320 e. The van der Waals surface area contributed by atoms with E-state index in [4.69, 9.17) is 23.2 Å². The Morgan fingerprint density at radius 3 is 2.56 bits per heavy atom. The van der Waals surface area contributed by atoms with Crippen LogP contribution in [0.25, 0.3) is 0 Å². The molecule has 0 N–H and O–H groups in total. The Kier molecular flexibility index (Phi) is 3.27. The van der Waals surface area contributed by atoms with Gasteiger partial charge in [0, 0.05) is 22.5 Å². The molecule has 1 saturated carbocycles. The predicted octanol–water partition coefficient (Wildman–Crippen LogP) is 3.78. The van der Waals surface area contributed by atoms with Gasteiger partial charge in [-0.2, -0.15) is 0 Å². The zero-order chi connectivity index (χ0) is 12.5. The van der Waals surface area contributed by atoms with Crippen molar-refractivity contribution in [3.05, 3.63) is 46.5 Å². The topological polar surface area (TPSA) is 30.7 Å². The van der Waals surface area contributed by atoms with E-state index in [9.17, 15) is 0 Å². The molecule has 5 heteroatoms. The summed E-state index contributed by atoms with van der Waals surface area (Å²) < 4.78 is 2.01. The van der Waals surface area contributed by atoms with Gasteiger partial charge in [0.05, 0.1) is 0 Å². The van der Waals surface area contributed by atoms with Gasteiger partial charge in [0.25, 0.3) is 0 Å². The van der Waals surface area contributed by atoms with E-state index in [0.29, 0.717) is 16.9 Å². The predicted molar refractivity (Wildman–Crippen MR) is 71.9 cm³/mol. The first-order valence-corrected chi connectivity index (χ1v) is 6.77. The van der Waals surface area contributed by atoms with Crippen LogP contribution in [0.5, 0.6) is 0 Å². The smallest absolute Gasteiger partial charge is 0.119 e. The highest BCUT2D eigenvalue weighted by Crippen LogP contribution is 2.45. The van der Waals surface area contributed by atoms with Gasteiger partial charge in [-0.15, -0.1) is 10.2 Å². The molecule has 0 saturated heterocycles. The summed E-state index contributed by atoms with van der Waals surface area (Å²) in [7, 11) is 0. The second-order valence-corrected chi connectivity index (χ2v) is 5.61. The molecular weight excluding hydrogens is 269 g/mol. The summed E-state index contributed by atoms with van der Waals surface area (Å²) in [4.78, 5) is 0. The highest BCUT2D eigenvalue weighted by Gasteiger charge is 2.33. The van der Waals surface area contributed by atoms with E-state index in [2.05, 4.69) is 10.2 Å². The fourth-order valence-electron chi connectivity index (χ4n) is 2.35. The quantitative estimate of drug-likeness (QED) is 0.854. The Morgan fingerprint density at radius 1 is 1.22 bits per heavy atom. The molecule has 18 heavy (non-hydrogen) atoms. The molecule has 1 unspecified atom stereocenters. The summed E-state index contributed by atoms with van der Waals surface area (Å²) in [5.74, 6) is 1.14. The fraction of sp³-hybridized carbons (Fsp3) is 0.385. The molecule has 1 aromatic carbocycles. The lowest BCUT2D eigenvalue weighted by molar-refractivity contribution is 0.506. The Labute approximate surface area is 116 Å². The number of hydrogen-bond acceptors (Lipinski definition) is 2. The zero-order valence-corrected chi connectivity index (χ0v) is 11.3. The summed E-state index contributed by atoms with van der Waals surface area (Å²) in [6, 6.07) is 5.77. The summed E-state index contributed by atoms with van der Waals surface area (Å²) in [5.41, 5.74) is 1.18. The first-order valence-electron chi connectivity index (χ1n) is 6.01. The van der Waals surface area contributed by atoms with Gasteiger partial charge in [-0.1, -0.05) is 29.3 Å². The van der Waals surface area contributed by atoms with Gasteiger partial charge in [0.2, 0.25) is 0 Å². The maximum absolute atomic E-state index is 6.31. The van der Waals surface area contributed by atoms with Crippen LogP contribution in [0.4, 0.5) is 0 Å². The Bertz CT molecular complexity index is 535. The zero-order valence-electron chi connectivity index (χ0n) is 9.76. The lowest BCUT2D eigenvalue weighted by atomic mass is 9.94. The Balaban J connectivity index is 1.89. The minimum atomic E-state index is 0.422. The number of hydrogen-bond donors (Lipinski definition) is 0. The molecule has 1 aliphatic rings. The highest BCUT2D eigenvalue weighted by molar-refractivity contribution is 6.35. The van der Waals surface area contributed by atoms with Gasteiger partial charge in [0.1, 0.15) is 12.7 Å². The van der Waals surface area contributed by atoms with E-state index in [-0.39, 0.29) is 0 Å². The molecule has 1 fully saturated rings. The van der Waals surface area contributed by atoms with E-state index in [1.54, 1.807) is 12.7 Å². The van der Waals surface area contributed by atoms with Crippen LogP contribution in [-0.4, -0.2) is 14.8 Å². The molecular formula is C13H13Cl2N3. The van der Waals surface area contributed by atoms with Crippen molar-refractivity contribution in [2.75, 3.05) is 0 Å². The minimum absolute atomic E-state index is 0.422. The number of aromatic nitrogens is 3. The van der Waals surface area contributed by atoms with Crippen LogP contribution < -0.4 is 0 Å².